The van der Waals surface area contributed by atoms with Crippen LogP contribution in [0, 0.1) is 5.82 Å². The maximum Gasteiger partial charge on any atom is 0.251 e. The lowest BCUT2D eigenvalue weighted by Gasteiger charge is -2.05. The van der Waals surface area contributed by atoms with Crippen molar-refractivity contribution in [2.75, 3.05) is 0 Å². The van der Waals surface area contributed by atoms with Crippen LogP contribution in [-0.4, -0.2) is 9.97 Å². The van der Waals surface area contributed by atoms with Crippen LogP contribution in [0.25, 0.3) is 22.6 Å². The van der Waals surface area contributed by atoms with Gasteiger partial charge in [-0.2, -0.15) is 0 Å². The highest BCUT2D eigenvalue weighted by atomic mass is 19.1. The molecule has 1 aromatic heterocycles. The Kier molecular flexibility index (Phi) is 3.13. The number of benzene rings is 2. The summed E-state index contributed by atoms with van der Waals surface area (Å²) in [5.74, 6) is 0.0287. The van der Waals surface area contributed by atoms with Gasteiger partial charge in [0.25, 0.3) is 5.56 Å². The molecule has 0 saturated heterocycles. The van der Waals surface area contributed by atoms with Crippen LogP contribution in [0.3, 0.4) is 0 Å². The minimum absolute atomic E-state index is 0.308. The van der Waals surface area contributed by atoms with Gasteiger partial charge in [-0.05, 0) is 12.1 Å². The van der Waals surface area contributed by atoms with Gasteiger partial charge in [0.1, 0.15) is 11.6 Å². The molecule has 0 bridgehead atoms. The second-order valence-corrected chi connectivity index (χ2v) is 4.33. The third-order valence-electron chi connectivity index (χ3n) is 2.94. The van der Waals surface area contributed by atoms with Crippen LogP contribution in [0.5, 0.6) is 0 Å². The zero-order valence-corrected chi connectivity index (χ0v) is 10.5. The van der Waals surface area contributed by atoms with Crippen LogP contribution in [-0.2, 0) is 0 Å². The van der Waals surface area contributed by atoms with E-state index < -0.39 is 5.82 Å². The minimum atomic E-state index is -0.399. The molecule has 0 aliphatic rings. The van der Waals surface area contributed by atoms with Crippen LogP contribution in [0.1, 0.15) is 0 Å². The molecule has 0 spiro atoms. The van der Waals surface area contributed by atoms with Gasteiger partial charge in [-0.3, -0.25) is 4.79 Å². The molecule has 0 unspecified atom stereocenters. The summed E-state index contributed by atoms with van der Waals surface area (Å²) in [6.07, 6.45) is 0. The second-order valence-electron chi connectivity index (χ2n) is 4.33. The van der Waals surface area contributed by atoms with Crippen molar-refractivity contribution in [3.63, 3.8) is 0 Å². The molecular weight excluding hydrogens is 255 g/mol. The number of nitrogens with one attached hydrogen (secondary N) is 1. The fourth-order valence-electron chi connectivity index (χ4n) is 2.00. The van der Waals surface area contributed by atoms with E-state index >= 15 is 0 Å². The third kappa shape index (κ3) is 2.36. The molecular formula is C16H11FN2O. The molecule has 0 radical (unpaired) electrons. The standard InChI is InChI=1S/C16H11FN2O/c17-13-9-5-4-8-12(13)14-10-15(20)19-16(18-14)11-6-2-1-3-7-11/h1-10H,(H,18,19,20). The van der Waals surface area contributed by atoms with E-state index in [-0.39, 0.29) is 5.56 Å². The normalized spacial score (nSPS) is 10.4. The van der Waals surface area contributed by atoms with Crippen molar-refractivity contribution in [1.82, 2.24) is 9.97 Å². The van der Waals surface area contributed by atoms with E-state index in [1.807, 2.05) is 30.3 Å². The second kappa shape index (κ2) is 5.09. The van der Waals surface area contributed by atoms with Crippen LogP contribution >= 0.6 is 0 Å². The third-order valence-corrected chi connectivity index (χ3v) is 2.94. The summed E-state index contributed by atoms with van der Waals surface area (Å²) in [6, 6.07) is 16.8. The Bertz CT molecular complexity index is 797. The predicted octanol–water partition coefficient (Wildman–Crippen LogP) is 3.24. The van der Waals surface area contributed by atoms with Gasteiger partial charge < -0.3 is 4.98 Å². The molecule has 0 amide bonds. The van der Waals surface area contributed by atoms with Crippen molar-refractivity contribution < 1.29 is 4.39 Å². The van der Waals surface area contributed by atoms with Crippen molar-refractivity contribution in [2.45, 2.75) is 0 Å². The highest BCUT2D eigenvalue weighted by molar-refractivity contribution is 5.63. The Morgan fingerprint density at radius 3 is 2.40 bits per heavy atom. The minimum Gasteiger partial charge on any atom is -0.306 e. The molecule has 4 heteroatoms. The molecule has 3 aromatic rings. The van der Waals surface area contributed by atoms with Crippen molar-refractivity contribution >= 4 is 0 Å². The first-order valence-electron chi connectivity index (χ1n) is 6.16. The molecule has 1 N–H and O–H groups in total. The Hall–Kier alpha value is -2.75. The molecule has 0 aliphatic heterocycles. The summed E-state index contributed by atoms with van der Waals surface area (Å²) in [4.78, 5) is 18.8. The fourth-order valence-corrected chi connectivity index (χ4v) is 2.00. The maximum atomic E-state index is 13.8. The molecule has 98 valence electrons. The monoisotopic (exact) mass is 266 g/mol. The summed E-state index contributed by atoms with van der Waals surface area (Å²) in [5, 5.41) is 0. The number of rotatable bonds is 2. The van der Waals surface area contributed by atoms with Crippen LogP contribution in [0.4, 0.5) is 4.39 Å². The van der Waals surface area contributed by atoms with E-state index in [1.54, 1.807) is 18.2 Å². The highest BCUT2D eigenvalue weighted by Gasteiger charge is 2.09. The number of aromatic amines is 1. The van der Waals surface area contributed by atoms with Crippen molar-refractivity contribution in [1.29, 1.82) is 0 Å². The van der Waals surface area contributed by atoms with Gasteiger partial charge in [0, 0.05) is 17.2 Å². The zero-order valence-electron chi connectivity index (χ0n) is 10.5. The molecule has 3 rings (SSSR count). The largest absolute Gasteiger partial charge is 0.306 e. The highest BCUT2D eigenvalue weighted by Crippen LogP contribution is 2.21. The Labute approximate surface area is 114 Å². The van der Waals surface area contributed by atoms with Gasteiger partial charge in [0.2, 0.25) is 0 Å². The van der Waals surface area contributed by atoms with Crippen LogP contribution in [0.2, 0.25) is 0 Å². The van der Waals surface area contributed by atoms with E-state index in [0.717, 1.165) is 5.56 Å². The molecule has 2 aromatic carbocycles. The molecule has 0 saturated carbocycles. The Morgan fingerprint density at radius 1 is 0.950 bits per heavy atom. The Balaban J connectivity index is 2.18. The van der Waals surface area contributed by atoms with E-state index in [9.17, 15) is 9.18 Å². The topological polar surface area (TPSA) is 45.8 Å². The SMILES string of the molecule is O=c1cc(-c2ccccc2F)nc(-c2ccccc2)[nH]1. The fraction of sp³-hybridized carbons (Fsp3) is 0. The van der Waals surface area contributed by atoms with Crippen LogP contribution in [0.15, 0.2) is 65.5 Å². The number of halogens is 1. The molecule has 20 heavy (non-hydrogen) atoms. The average molecular weight is 266 g/mol. The first-order chi connectivity index (χ1) is 9.74. The smallest absolute Gasteiger partial charge is 0.251 e. The predicted molar refractivity (Wildman–Crippen MR) is 75.7 cm³/mol. The summed E-state index contributed by atoms with van der Waals surface area (Å²) >= 11 is 0. The number of hydrogen-bond acceptors (Lipinski definition) is 2. The first kappa shape index (κ1) is 12.3. The number of aromatic nitrogens is 2. The number of H-pyrrole nitrogens is 1. The molecule has 1 heterocycles. The average Bonchev–Trinajstić information content (AvgIpc) is 2.48. The van der Waals surface area contributed by atoms with Crippen LogP contribution < -0.4 is 5.56 Å². The first-order valence-corrected chi connectivity index (χ1v) is 6.16. The summed E-state index contributed by atoms with van der Waals surface area (Å²) < 4.78 is 13.8. The zero-order chi connectivity index (χ0) is 13.9. The maximum absolute atomic E-state index is 13.8. The van der Waals surface area contributed by atoms with E-state index in [1.165, 1.54) is 12.1 Å². The number of nitrogens with zero attached hydrogens (tertiary/aromatic N) is 1. The van der Waals surface area contributed by atoms with E-state index in [0.29, 0.717) is 17.1 Å². The van der Waals surface area contributed by atoms with E-state index in [4.69, 9.17) is 0 Å². The molecule has 3 nitrogen and oxygen atoms in total. The molecule has 0 atom stereocenters. The lowest BCUT2D eigenvalue weighted by Crippen LogP contribution is -2.08. The van der Waals surface area contributed by atoms with E-state index in [2.05, 4.69) is 9.97 Å². The molecule has 0 fully saturated rings. The number of hydrogen-bond donors (Lipinski definition) is 1. The van der Waals surface area contributed by atoms with Gasteiger partial charge in [-0.1, -0.05) is 42.5 Å². The summed E-state index contributed by atoms with van der Waals surface area (Å²) in [5.41, 5.74) is 1.11. The van der Waals surface area contributed by atoms with Gasteiger partial charge >= 0.3 is 0 Å². The van der Waals surface area contributed by atoms with Crippen molar-refractivity contribution in [3.05, 3.63) is 76.8 Å². The Morgan fingerprint density at radius 2 is 1.65 bits per heavy atom. The lowest BCUT2D eigenvalue weighted by atomic mass is 10.1. The lowest BCUT2D eigenvalue weighted by molar-refractivity contribution is 0.630. The summed E-state index contributed by atoms with van der Waals surface area (Å²) in [6.45, 7) is 0. The summed E-state index contributed by atoms with van der Waals surface area (Å²) in [7, 11) is 0. The van der Waals surface area contributed by atoms with Gasteiger partial charge in [-0.15, -0.1) is 0 Å². The van der Waals surface area contributed by atoms with Gasteiger partial charge in [0.15, 0.2) is 0 Å². The van der Waals surface area contributed by atoms with Crippen molar-refractivity contribution in [3.8, 4) is 22.6 Å². The quantitative estimate of drug-likeness (QED) is 0.774. The van der Waals surface area contributed by atoms with Crippen molar-refractivity contribution in [2.24, 2.45) is 0 Å². The van der Waals surface area contributed by atoms with Gasteiger partial charge in [-0.25, -0.2) is 9.37 Å². The van der Waals surface area contributed by atoms with Gasteiger partial charge in [0.05, 0.1) is 5.69 Å². The molecule has 0 aliphatic carbocycles.